The number of ether oxygens (including phenoxy) is 1. The molecule has 4 nitrogen and oxygen atoms in total. The molecule has 0 radical (unpaired) electrons. The highest BCUT2D eigenvalue weighted by atomic mass is 16.5. The Kier molecular flexibility index (Phi) is 4.48. The number of rotatable bonds is 4. The second-order valence-corrected chi connectivity index (χ2v) is 5.10. The van der Waals surface area contributed by atoms with Gasteiger partial charge in [-0.05, 0) is 32.4 Å². The lowest BCUT2D eigenvalue weighted by Crippen LogP contribution is -2.23. The minimum Gasteiger partial charge on any atom is -0.507 e. The molecule has 0 atom stereocenters. The second-order valence-electron chi connectivity index (χ2n) is 5.10. The van der Waals surface area contributed by atoms with Crippen LogP contribution in [0.2, 0.25) is 0 Å². The van der Waals surface area contributed by atoms with Gasteiger partial charge in [-0.1, -0.05) is 12.1 Å². The predicted octanol–water partition coefficient (Wildman–Crippen LogP) is 2.34. The minimum absolute atomic E-state index is 0.0513. The van der Waals surface area contributed by atoms with Crippen LogP contribution in [0.5, 0.6) is 5.75 Å². The number of phenols is 1. The summed E-state index contributed by atoms with van der Waals surface area (Å²) < 4.78 is 5.11. The Bertz CT molecular complexity index is 444. The molecule has 0 amide bonds. The van der Waals surface area contributed by atoms with Crippen molar-refractivity contribution in [1.82, 2.24) is 0 Å². The monoisotopic (exact) mass is 250 g/mol. The van der Waals surface area contributed by atoms with E-state index in [1.807, 2.05) is 0 Å². The Hall–Kier alpha value is -1.84. The molecule has 0 heterocycles. The van der Waals surface area contributed by atoms with Gasteiger partial charge in [0.05, 0.1) is 17.6 Å². The minimum atomic E-state index is -0.535. The van der Waals surface area contributed by atoms with Gasteiger partial charge in [-0.15, -0.1) is 0 Å². The standard InChI is InChI=1S/C14H18O4/c1-14(2,3)13(17)18-8-7-10-5-4-6-12(16)11(10)9-15/h4-6,9,16H,7-8H2,1-3H3. The molecule has 0 saturated carbocycles. The molecule has 0 aliphatic rings. The highest BCUT2D eigenvalue weighted by molar-refractivity contribution is 5.81. The molecule has 0 bridgehead atoms. The zero-order chi connectivity index (χ0) is 13.8. The van der Waals surface area contributed by atoms with Gasteiger partial charge in [0.2, 0.25) is 0 Å². The van der Waals surface area contributed by atoms with Crippen LogP contribution in [0.15, 0.2) is 18.2 Å². The van der Waals surface area contributed by atoms with Crippen LogP contribution in [0, 0.1) is 5.41 Å². The summed E-state index contributed by atoms with van der Waals surface area (Å²) in [4.78, 5) is 22.4. The van der Waals surface area contributed by atoms with Gasteiger partial charge in [0.25, 0.3) is 0 Å². The molecule has 0 spiro atoms. The Morgan fingerprint density at radius 2 is 2.06 bits per heavy atom. The summed E-state index contributed by atoms with van der Waals surface area (Å²) in [5.74, 6) is -0.333. The van der Waals surface area contributed by atoms with Crippen molar-refractivity contribution in [2.45, 2.75) is 27.2 Å². The average Bonchev–Trinajstić information content (AvgIpc) is 2.28. The number of phenolic OH excluding ortho intramolecular Hbond substituents is 1. The molecule has 0 aliphatic carbocycles. The molecule has 0 aromatic heterocycles. The first-order valence-corrected chi connectivity index (χ1v) is 5.79. The molecule has 0 unspecified atom stereocenters. The van der Waals surface area contributed by atoms with Gasteiger partial charge in [0.15, 0.2) is 6.29 Å². The summed E-state index contributed by atoms with van der Waals surface area (Å²) in [5, 5.41) is 9.49. The van der Waals surface area contributed by atoms with Gasteiger partial charge in [-0.3, -0.25) is 9.59 Å². The van der Waals surface area contributed by atoms with Crippen molar-refractivity contribution in [3.05, 3.63) is 29.3 Å². The molecule has 4 heteroatoms. The van der Waals surface area contributed by atoms with Gasteiger partial charge in [-0.25, -0.2) is 0 Å². The number of aldehydes is 1. The fourth-order valence-electron chi connectivity index (χ4n) is 1.42. The van der Waals surface area contributed by atoms with E-state index in [-0.39, 0.29) is 23.9 Å². The van der Waals surface area contributed by atoms with Crippen LogP contribution < -0.4 is 0 Å². The summed E-state index contributed by atoms with van der Waals surface area (Å²) in [6, 6.07) is 4.84. The molecule has 0 aliphatic heterocycles. The van der Waals surface area contributed by atoms with Gasteiger partial charge < -0.3 is 9.84 Å². The van der Waals surface area contributed by atoms with Crippen molar-refractivity contribution in [1.29, 1.82) is 0 Å². The average molecular weight is 250 g/mol. The molecule has 1 aromatic carbocycles. The number of carbonyl (C=O) groups is 2. The summed E-state index contributed by atoms with van der Waals surface area (Å²) in [6.07, 6.45) is 1.01. The van der Waals surface area contributed by atoms with Gasteiger partial charge >= 0.3 is 5.97 Å². The third-order valence-electron chi connectivity index (χ3n) is 2.51. The van der Waals surface area contributed by atoms with Crippen LogP contribution >= 0.6 is 0 Å². The Balaban J connectivity index is 2.63. The third kappa shape index (κ3) is 3.58. The Morgan fingerprint density at radius 3 is 2.61 bits per heavy atom. The van der Waals surface area contributed by atoms with Crippen molar-refractivity contribution in [2.24, 2.45) is 5.41 Å². The van der Waals surface area contributed by atoms with E-state index in [4.69, 9.17) is 4.74 Å². The molecule has 18 heavy (non-hydrogen) atoms. The largest absolute Gasteiger partial charge is 0.507 e. The van der Waals surface area contributed by atoms with E-state index in [9.17, 15) is 14.7 Å². The van der Waals surface area contributed by atoms with Crippen molar-refractivity contribution in [3.8, 4) is 5.75 Å². The molecule has 1 rings (SSSR count). The molecule has 0 saturated heterocycles. The maximum atomic E-state index is 11.5. The number of hydrogen-bond donors (Lipinski definition) is 1. The number of benzene rings is 1. The van der Waals surface area contributed by atoms with E-state index in [0.717, 1.165) is 0 Å². The molecule has 0 fully saturated rings. The van der Waals surface area contributed by atoms with Crippen molar-refractivity contribution in [2.75, 3.05) is 6.61 Å². The second kappa shape index (κ2) is 5.67. The SMILES string of the molecule is CC(C)(C)C(=O)OCCc1cccc(O)c1C=O. The van der Waals surface area contributed by atoms with Crippen molar-refractivity contribution < 1.29 is 19.4 Å². The summed E-state index contributed by atoms with van der Waals surface area (Å²) in [7, 11) is 0. The number of aromatic hydroxyl groups is 1. The highest BCUT2D eigenvalue weighted by Gasteiger charge is 2.22. The fraction of sp³-hybridized carbons (Fsp3) is 0.429. The highest BCUT2D eigenvalue weighted by Crippen LogP contribution is 2.20. The van der Waals surface area contributed by atoms with Crippen LogP contribution in [-0.4, -0.2) is 24.0 Å². The summed E-state index contributed by atoms with van der Waals surface area (Å²) >= 11 is 0. The maximum Gasteiger partial charge on any atom is 0.311 e. The van der Waals surface area contributed by atoms with Crippen LogP contribution in [0.25, 0.3) is 0 Å². The van der Waals surface area contributed by atoms with Crippen LogP contribution in [0.3, 0.4) is 0 Å². The third-order valence-corrected chi connectivity index (χ3v) is 2.51. The molecule has 1 N–H and O–H groups in total. The molecular formula is C14H18O4. The molecular weight excluding hydrogens is 232 g/mol. The lowest BCUT2D eigenvalue weighted by molar-refractivity contribution is -0.152. The summed E-state index contributed by atoms with van der Waals surface area (Å²) in [6.45, 7) is 5.53. The van der Waals surface area contributed by atoms with Gasteiger partial charge in [0, 0.05) is 6.42 Å². The van der Waals surface area contributed by atoms with Gasteiger partial charge in [0.1, 0.15) is 5.75 Å². The first-order valence-electron chi connectivity index (χ1n) is 5.79. The van der Waals surface area contributed by atoms with Crippen LogP contribution in [0.1, 0.15) is 36.7 Å². The number of hydrogen-bond acceptors (Lipinski definition) is 4. The smallest absolute Gasteiger partial charge is 0.311 e. The predicted molar refractivity (Wildman–Crippen MR) is 67.6 cm³/mol. The molecule has 98 valence electrons. The van der Waals surface area contributed by atoms with Crippen molar-refractivity contribution >= 4 is 12.3 Å². The topological polar surface area (TPSA) is 63.6 Å². The van der Waals surface area contributed by atoms with E-state index in [2.05, 4.69) is 0 Å². The lowest BCUT2D eigenvalue weighted by Gasteiger charge is -2.16. The van der Waals surface area contributed by atoms with E-state index < -0.39 is 5.41 Å². The maximum absolute atomic E-state index is 11.5. The number of esters is 1. The van der Waals surface area contributed by atoms with Crippen molar-refractivity contribution in [3.63, 3.8) is 0 Å². The van der Waals surface area contributed by atoms with Gasteiger partial charge in [-0.2, -0.15) is 0 Å². The normalized spacial score (nSPS) is 11.1. The first kappa shape index (κ1) is 14.2. The lowest BCUT2D eigenvalue weighted by atomic mass is 9.97. The Labute approximate surface area is 107 Å². The summed E-state index contributed by atoms with van der Waals surface area (Å²) in [5.41, 5.74) is 0.391. The Morgan fingerprint density at radius 1 is 1.39 bits per heavy atom. The number of carbonyl (C=O) groups excluding carboxylic acids is 2. The molecule has 1 aromatic rings. The van der Waals surface area contributed by atoms with Crippen LogP contribution in [-0.2, 0) is 16.0 Å². The zero-order valence-corrected chi connectivity index (χ0v) is 10.9. The van der Waals surface area contributed by atoms with Crippen LogP contribution in [0.4, 0.5) is 0 Å². The quantitative estimate of drug-likeness (QED) is 0.658. The van der Waals surface area contributed by atoms with E-state index >= 15 is 0 Å². The van der Waals surface area contributed by atoms with E-state index in [0.29, 0.717) is 18.3 Å². The zero-order valence-electron chi connectivity index (χ0n) is 10.9. The van der Waals surface area contributed by atoms with E-state index in [1.54, 1.807) is 32.9 Å². The first-order chi connectivity index (χ1) is 8.36. The fourth-order valence-corrected chi connectivity index (χ4v) is 1.42. The van der Waals surface area contributed by atoms with E-state index in [1.165, 1.54) is 6.07 Å².